The molecule has 2 heterocycles. The number of likely N-dealkylation sites (tertiary alicyclic amines) is 1. The van der Waals surface area contributed by atoms with Crippen LogP contribution in [0, 0.1) is 0 Å². The first-order valence-corrected chi connectivity index (χ1v) is 9.12. The lowest BCUT2D eigenvalue weighted by atomic mass is 9.89. The lowest BCUT2D eigenvalue weighted by Crippen LogP contribution is -2.52. The Morgan fingerprint density at radius 3 is 2.07 bits per heavy atom. The van der Waals surface area contributed by atoms with Gasteiger partial charge in [-0.3, -0.25) is 4.79 Å². The van der Waals surface area contributed by atoms with Crippen LogP contribution in [0.25, 0.3) is 0 Å². The molecule has 4 rings (SSSR count). The quantitative estimate of drug-likeness (QED) is 0.757. The van der Waals surface area contributed by atoms with Crippen molar-refractivity contribution in [2.75, 3.05) is 13.1 Å². The van der Waals surface area contributed by atoms with Crippen LogP contribution in [0.15, 0.2) is 66.9 Å². The minimum absolute atomic E-state index is 0.0968. The van der Waals surface area contributed by atoms with Gasteiger partial charge in [-0.25, -0.2) is 4.68 Å². The number of hydrogen-bond donors (Lipinski definition) is 1. The SMILES string of the molecule is CC(O)c1cn(C2CN(C(=O)C(c3ccccc3)c3ccccc3)C2)nn1. The van der Waals surface area contributed by atoms with E-state index in [2.05, 4.69) is 10.3 Å². The lowest BCUT2D eigenvalue weighted by molar-refractivity contribution is -0.137. The zero-order valence-corrected chi connectivity index (χ0v) is 15.1. The molecule has 1 saturated heterocycles. The predicted octanol–water partition coefficient (Wildman–Crippen LogP) is 2.55. The Kier molecular flexibility index (Phi) is 4.73. The summed E-state index contributed by atoms with van der Waals surface area (Å²) in [6.07, 6.45) is 1.11. The first-order valence-electron chi connectivity index (χ1n) is 9.12. The van der Waals surface area contributed by atoms with E-state index in [0.717, 1.165) is 11.1 Å². The fourth-order valence-corrected chi connectivity index (χ4v) is 3.41. The first kappa shape index (κ1) is 17.4. The maximum absolute atomic E-state index is 13.3. The second-order valence-corrected chi connectivity index (χ2v) is 6.95. The van der Waals surface area contributed by atoms with Crippen molar-refractivity contribution in [3.8, 4) is 0 Å². The Hall–Kier alpha value is -2.99. The zero-order valence-electron chi connectivity index (χ0n) is 15.1. The van der Waals surface area contributed by atoms with Crippen LogP contribution in [0.2, 0.25) is 0 Å². The molecule has 1 aliphatic heterocycles. The van der Waals surface area contributed by atoms with Crippen LogP contribution in [0.1, 0.15) is 41.8 Å². The molecule has 0 bridgehead atoms. The first-order chi connectivity index (χ1) is 13.1. The predicted molar refractivity (Wildman–Crippen MR) is 101 cm³/mol. The Bertz CT molecular complexity index is 863. The molecule has 1 atom stereocenters. The molecule has 0 aliphatic carbocycles. The molecule has 6 nitrogen and oxygen atoms in total. The largest absolute Gasteiger partial charge is 0.387 e. The number of benzene rings is 2. The summed E-state index contributed by atoms with van der Waals surface area (Å²) in [4.78, 5) is 15.1. The van der Waals surface area contributed by atoms with Crippen molar-refractivity contribution in [3.05, 3.63) is 83.7 Å². The number of carbonyl (C=O) groups excluding carboxylic acids is 1. The van der Waals surface area contributed by atoms with Gasteiger partial charge in [0.2, 0.25) is 5.91 Å². The van der Waals surface area contributed by atoms with Crippen LogP contribution in [-0.4, -0.2) is 44.0 Å². The smallest absolute Gasteiger partial charge is 0.234 e. The van der Waals surface area contributed by atoms with Crippen LogP contribution < -0.4 is 0 Å². The Balaban J connectivity index is 1.51. The third-order valence-corrected chi connectivity index (χ3v) is 5.02. The van der Waals surface area contributed by atoms with Crippen molar-refractivity contribution in [3.63, 3.8) is 0 Å². The fraction of sp³-hybridized carbons (Fsp3) is 0.286. The molecule has 138 valence electrons. The highest BCUT2D eigenvalue weighted by Crippen LogP contribution is 2.31. The molecule has 6 heteroatoms. The van der Waals surface area contributed by atoms with E-state index in [9.17, 15) is 9.90 Å². The Labute approximate surface area is 158 Å². The molecule has 0 spiro atoms. The molecular formula is C21H22N4O2. The van der Waals surface area contributed by atoms with E-state index in [-0.39, 0.29) is 17.9 Å². The van der Waals surface area contributed by atoms with Gasteiger partial charge >= 0.3 is 0 Å². The molecule has 3 aromatic rings. The lowest BCUT2D eigenvalue weighted by Gasteiger charge is -2.40. The average molecular weight is 362 g/mol. The van der Waals surface area contributed by atoms with Gasteiger partial charge in [-0.1, -0.05) is 65.9 Å². The summed E-state index contributed by atoms with van der Waals surface area (Å²) in [5.41, 5.74) is 2.54. The van der Waals surface area contributed by atoms with Crippen LogP contribution in [0.4, 0.5) is 0 Å². The number of amides is 1. The van der Waals surface area contributed by atoms with Gasteiger partial charge in [0.15, 0.2) is 0 Å². The molecule has 27 heavy (non-hydrogen) atoms. The molecule has 1 amide bonds. The molecule has 2 aromatic carbocycles. The molecule has 1 unspecified atom stereocenters. The molecular weight excluding hydrogens is 340 g/mol. The highest BCUT2D eigenvalue weighted by Gasteiger charge is 2.37. The van der Waals surface area contributed by atoms with Crippen molar-refractivity contribution in [2.24, 2.45) is 0 Å². The highest BCUT2D eigenvalue weighted by molar-refractivity contribution is 5.87. The third-order valence-electron chi connectivity index (χ3n) is 5.02. The number of aliphatic hydroxyl groups excluding tert-OH is 1. The van der Waals surface area contributed by atoms with Gasteiger partial charge in [0.25, 0.3) is 0 Å². The maximum Gasteiger partial charge on any atom is 0.234 e. The number of carbonyl (C=O) groups is 1. The van der Waals surface area contributed by atoms with Crippen molar-refractivity contribution in [2.45, 2.75) is 25.0 Å². The summed E-state index contributed by atoms with van der Waals surface area (Å²) in [6, 6.07) is 19.9. The molecule has 1 aromatic heterocycles. The van der Waals surface area contributed by atoms with E-state index < -0.39 is 6.10 Å². The molecule has 1 N–H and O–H groups in total. The number of hydrogen-bond acceptors (Lipinski definition) is 4. The standard InChI is InChI=1S/C21H22N4O2/c1-15(26)19-14-25(23-22-19)18-12-24(13-18)21(27)20(16-8-4-2-5-9-16)17-10-6-3-7-11-17/h2-11,14-15,18,20,26H,12-13H2,1H3. The number of nitrogens with zero attached hydrogens (tertiary/aromatic N) is 4. The normalized spacial score (nSPS) is 15.6. The minimum atomic E-state index is -0.642. The second-order valence-electron chi connectivity index (χ2n) is 6.95. The van der Waals surface area contributed by atoms with Gasteiger partial charge in [-0.2, -0.15) is 0 Å². The summed E-state index contributed by atoms with van der Waals surface area (Å²) >= 11 is 0. The third kappa shape index (κ3) is 3.48. The topological polar surface area (TPSA) is 71.2 Å². The summed E-state index contributed by atoms with van der Waals surface area (Å²) in [5, 5.41) is 17.7. The van der Waals surface area contributed by atoms with Crippen LogP contribution in [0.5, 0.6) is 0 Å². The maximum atomic E-state index is 13.3. The van der Waals surface area contributed by atoms with Crippen molar-refractivity contribution in [1.82, 2.24) is 19.9 Å². The number of rotatable bonds is 5. The molecule has 1 fully saturated rings. The van der Waals surface area contributed by atoms with E-state index >= 15 is 0 Å². The van der Waals surface area contributed by atoms with E-state index in [1.54, 1.807) is 17.8 Å². The van der Waals surface area contributed by atoms with Gasteiger partial charge in [-0.15, -0.1) is 5.10 Å². The van der Waals surface area contributed by atoms with Crippen molar-refractivity contribution >= 4 is 5.91 Å². The van der Waals surface area contributed by atoms with E-state index in [4.69, 9.17) is 0 Å². The number of aromatic nitrogens is 3. The zero-order chi connectivity index (χ0) is 18.8. The molecule has 0 saturated carbocycles. The average Bonchev–Trinajstić information content (AvgIpc) is 3.12. The number of aliphatic hydroxyl groups is 1. The van der Waals surface area contributed by atoms with E-state index in [0.29, 0.717) is 18.8 Å². The monoisotopic (exact) mass is 362 g/mol. The highest BCUT2D eigenvalue weighted by atomic mass is 16.3. The van der Waals surface area contributed by atoms with Gasteiger partial charge < -0.3 is 10.0 Å². The Morgan fingerprint density at radius 2 is 1.59 bits per heavy atom. The van der Waals surface area contributed by atoms with Crippen molar-refractivity contribution in [1.29, 1.82) is 0 Å². The van der Waals surface area contributed by atoms with Crippen LogP contribution in [-0.2, 0) is 4.79 Å². The van der Waals surface area contributed by atoms with Crippen LogP contribution in [0.3, 0.4) is 0 Å². The Morgan fingerprint density at radius 1 is 1.04 bits per heavy atom. The molecule has 1 aliphatic rings. The fourth-order valence-electron chi connectivity index (χ4n) is 3.41. The van der Waals surface area contributed by atoms with Gasteiger partial charge in [0.1, 0.15) is 5.69 Å². The molecule has 0 radical (unpaired) electrons. The minimum Gasteiger partial charge on any atom is -0.387 e. The van der Waals surface area contributed by atoms with Gasteiger partial charge in [-0.05, 0) is 18.1 Å². The van der Waals surface area contributed by atoms with Gasteiger partial charge in [0.05, 0.1) is 24.3 Å². The van der Waals surface area contributed by atoms with E-state index in [1.165, 1.54) is 0 Å². The summed E-state index contributed by atoms with van der Waals surface area (Å²) in [5.74, 6) is -0.211. The van der Waals surface area contributed by atoms with E-state index in [1.807, 2.05) is 65.6 Å². The summed E-state index contributed by atoms with van der Waals surface area (Å²) in [7, 11) is 0. The summed E-state index contributed by atoms with van der Waals surface area (Å²) in [6.45, 7) is 2.85. The van der Waals surface area contributed by atoms with Gasteiger partial charge in [0, 0.05) is 13.1 Å². The second kappa shape index (κ2) is 7.32. The summed E-state index contributed by atoms with van der Waals surface area (Å²) < 4.78 is 1.74. The van der Waals surface area contributed by atoms with Crippen LogP contribution >= 0.6 is 0 Å². The van der Waals surface area contributed by atoms with Crippen molar-refractivity contribution < 1.29 is 9.90 Å².